The molecule has 0 atom stereocenters. The third kappa shape index (κ3) is 1.33. The molecule has 0 aliphatic rings. The van der Waals surface area contributed by atoms with Gasteiger partial charge in [-0.3, -0.25) is 5.43 Å². The van der Waals surface area contributed by atoms with Gasteiger partial charge in [-0.2, -0.15) is 4.98 Å². The number of rotatable bonds is 1. The second-order valence-corrected chi connectivity index (χ2v) is 3.04. The number of anilines is 1. The highest BCUT2D eigenvalue weighted by Gasteiger charge is 2.05. The Labute approximate surface area is 80.6 Å². The molecule has 0 spiro atoms. The molecule has 0 amide bonds. The molecule has 1 aromatic carbocycles. The lowest BCUT2D eigenvalue weighted by molar-refractivity contribution is 0.460. The Balaban J connectivity index is 2.76. The minimum atomic E-state index is -0.0633. The van der Waals surface area contributed by atoms with Gasteiger partial charge in [0.1, 0.15) is 0 Å². The van der Waals surface area contributed by atoms with Crippen LogP contribution in [-0.4, -0.2) is 15.1 Å². The van der Waals surface area contributed by atoms with E-state index in [1.54, 1.807) is 0 Å². The van der Waals surface area contributed by atoms with E-state index < -0.39 is 0 Å². The average molecular weight is 190 g/mol. The quantitative estimate of drug-likeness (QED) is 0.460. The van der Waals surface area contributed by atoms with Crippen LogP contribution in [0.2, 0.25) is 0 Å². The number of nitrogens with zero attached hydrogens (tertiary/aromatic N) is 2. The van der Waals surface area contributed by atoms with Crippen molar-refractivity contribution in [3.05, 3.63) is 23.8 Å². The second-order valence-electron chi connectivity index (χ2n) is 3.04. The van der Waals surface area contributed by atoms with Crippen molar-refractivity contribution in [1.82, 2.24) is 9.97 Å². The number of hydrogen-bond donors (Lipinski definition) is 3. The molecule has 0 radical (unpaired) electrons. The fraction of sp³-hybridized carbons (Fsp3) is 0.111. The second kappa shape index (κ2) is 3.12. The van der Waals surface area contributed by atoms with Gasteiger partial charge in [0, 0.05) is 0 Å². The molecule has 14 heavy (non-hydrogen) atoms. The van der Waals surface area contributed by atoms with Gasteiger partial charge in [0.25, 0.3) is 0 Å². The van der Waals surface area contributed by atoms with Crippen LogP contribution in [0, 0.1) is 6.92 Å². The predicted octanol–water partition coefficient (Wildman–Crippen LogP) is 0.929. The summed E-state index contributed by atoms with van der Waals surface area (Å²) in [6.45, 7) is 1.94. The van der Waals surface area contributed by atoms with Crippen molar-refractivity contribution >= 4 is 16.9 Å². The molecule has 4 N–H and O–H groups in total. The van der Waals surface area contributed by atoms with Crippen LogP contribution in [0.25, 0.3) is 10.9 Å². The highest BCUT2D eigenvalue weighted by molar-refractivity contribution is 5.84. The van der Waals surface area contributed by atoms with Gasteiger partial charge >= 0.3 is 0 Å². The molecule has 1 aromatic heterocycles. The highest BCUT2D eigenvalue weighted by atomic mass is 16.3. The molecule has 0 aliphatic carbocycles. The maximum absolute atomic E-state index is 9.56. The monoisotopic (exact) mass is 190 g/mol. The molecular weight excluding hydrogens is 180 g/mol. The Kier molecular flexibility index (Phi) is 1.94. The van der Waals surface area contributed by atoms with E-state index in [-0.39, 0.29) is 11.8 Å². The van der Waals surface area contributed by atoms with Crippen molar-refractivity contribution < 1.29 is 5.11 Å². The number of nitrogens with one attached hydrogen (secondary N) is 1. The van der Waals surface area contributed by atoms with Crippen molar-refractivity contribution in [2.75, 3.05) is 5.43 Å². The van der Waals surface area contributed by atoms with Gasteiger partial charge in [0.2, 0.25) is 11.8 Å². The predicted molar refractivity (Wildman–Crippen MR) is 53.7 cm³/mol. The first-order valence-corrected chi connectivity index (χ1v) is 4.14. The minimum Gasteiger partial charge on any atom is -0.493 e. The van der Waals surface area contributed by atoms with Crippen molar-refractivity contribution in [3.63, 3.8) is 0 Å². The van der Waals surface area contributed by atoms with Gasteiger partial charge in [-0.05, 0) is 19.1 Å². The average Bonchev–Trinajstić information content (AvgIpc) is 2.19. The van der Waals surface area contributed by atoms with Crippen LogP contribution in [-0.2, 0) is 0 Å². The molecule has 72 valence electrons. The Morgan fingerprint density at radius 3 is 2.86 bits per heavy atom. The molecule has 5 heteroatoms. The highest BCUT2D eigenvalue weighted by Crippen LogP contribution is 2.23. The normalized spacial score (nSPS) is 10.4. The van der Waals surface area contributed by atoms with Crippen LogP contribution < -0.4 is 11.3 Å². The summed E-state index contributed by atoms with van der Waals surface area (Å²) in [7, 11) is 0. The third-order valence-corrected chi connectivity index (χ3v) is 1.96. The molecule has 0 unspecified atom stereocenters. The first kappa shape index (κ1) is 8.71. The molecular formula is C9H10N4O. The number of hydrazine groups is 1. The zero-order valence-corrected chi connectivity index (χ0v) is 7.65. The van der Waals surface area contributed by atoms with Crippen molar-refractivity contribution in [2.24, 2.45) is 5.84 Å². The molecule has 2 aromatic rings. The van der Waals surface area contributed by atoms with E-state index >= 15 is 0 Å². The van der Waals surface area contributed by atoms with E-state index in [1.165, 1.54) is 0 Å². The lowest BCUT2D eigenvalue weighted by atomic mass is 10.2. The molecule has 1 heterocycles. The number of hydrogen-bond acceptors (Lipinski definition) is 5. The minimum absolute atomic E-state index is 0.0633. The van der Waals surface area contributed by atoms with Crippen LogP contribution in [0.4, 0.5) is 5.95 Å². The Bertz CT molecular complexity index is 483. The summed E-state index contributed by atoms with van der Waals surface area (Å²) in [5.74, 6) is 5.30. The Morgan fingerprint density at radius 2 is 2.14 bits per heavy atom. The molecule has 0 saturated carbocycles. The fourth-order valence-electron chi connectivity index (χ4n) is 1.29. The van der Waals surface area contributed by atoms with Gasteiger partial charge < -0.3 is 5.11 Å². The van der Waals surface area contributed by atoms with Crippen molar-refractivity contribution in [1.29, 1.82) is 0 Å². The molecule has 2 rings (SSSR count). The number of nitrogen functional groups attached to an aromatic ring is 1. The maximum Gasteiger partial charge on any atom is 0.241 e. The van der Waals surface area contributed by atoms with Gasteiger partial charge in [0.15, 0.2) is 0 Å². The van der Waals surface area contributed by atoms with Crippen LogP contribution in [0.1, 0.15) is 5.56 Å². The molecule has 0 aliphatic heterocycles. The summed E-state index contributed by atoms with van der Waals surface area (Å²) >= 11 is 0. The van der Waals surface area contributed by atoms with E-state index in [9.17, 15) is 5.11 Å². The van der Waals surface area contributed by atoms with Gasteiger partial charge in [-0.15, -0.1) is 0 Å². The number of benzene rings is 1. The summed E-state index contributed by atoms with van der Waals surface area (Å²) in [6.07, 6.45) is 0. The summed E-state index contributed by atoms with van der Waals surface area (Å²) in [6, 6.07) is 5.55. The summed E-state index contributed by atoms with van der Waals surface area (Å²) in [5, 5.41) is 10.2. The lowest BCUT2D eigenvalue weighted by Crippen LogP contribution is -2.10. The summed E-state index contributed by atoms with van der Waals surface area (Å²) in [4.78, 5) is 7.86. The molecule has 0 saturated heterocycles. The SMILES string of the molecule is Cc1ccc2nc(NN)nc(O)c2c1. The fourth-order valence-corrected chi connectivity index (χ4v) is 1.29. The van der Waals surface area contributed by atoms with Gasteiger partial charge in [-0.25, -0.2) is 10.8 Å². The Morgan fingerprint density at radius 1 is 1.36 bits per heavy atom. The number of nitrogens with two attached hydrogens (primary N) is 1. The molecule has 0 bridgehead atoms. The largest absolute Gasteiger partial charge is 0.493 e. The first-order valence-electron chi connectivity index (χ1n) is 4.14. The molecule has 0 fully saturated rings. The van der Waals surface area contributed by atoms with Gasteiger partial charge in [-0.1, -0.05) is 11.6 Å². The van der Waals surface area contributed by atoms with E-state index in [2.05, 4.69) is 15.4 Å². The van der Waals surface area contributed by atoms with Crippen LogP contribution in [0.15, 0.2) is 18.2 Å². The maximum atomic E-state index is 9.56. The van der Waals surface area contributed by atoms with E-state index in [0.29, 0.717) is 10.9 Å². The number of aromatic nitrogens is 2. The number of aromatic hydroxyl groups is 1. The zero-order valence-electron chi connectivity index (χ0n) is 7.65. The molecule has 5 nitrogen and oxygen atoms in total. The van der Waals surface area contributed by atoms with E-state index in [1.807, 2.05) is 25.1 Å². The summed E-state index contributed by atoms with van der Waals surface area (Å²) in [5.41, 5.74) is 4.00. The first-order chi connectivity index (χ1) is 6.70. The zero-order chi connectivity index (χ0) is 10.1. The smallest absolute Gasteiger partial charge is 0.241 e. The van der Waals surface area contributed by atoms with Crippen LogP contribution >= 0.6 is 0 Å². The van der Waals surface area contributed by atoms with Crippen LogP contribution in [0.5, 0.6) is 5.88 Å². The van der Waals surface area contributed by atoms with Crippen molar-refractivity contribution in [3.8, 4) is 5.88 Å². The van der Waals surface area contributed by atoms with E-state index in [0.717, 1.165) is 5.56 Å². The standard InChI is InChI=1S/C9H10N4O/c1-5-2-3-7-6(4-5)8(14)12-9(11-7)13-10/h2-4H,10H2,1H3,(H2,11,12,13,14). The van der Waals surface area contributed by atoms with Crippen molar-refractivity contribution in [2.45, 2.75) is 6.92 Å². The van der Waals surface area contributed by atoms with E-state index in [4.69, 9.17) is 5.84 Å². The number of fused-ring (bicyclic) bond motifs is 1. The topological polar surface area (TPSA) is 84.1 Å². The Hall–Kier alpha value is -1.88. The van der Waals surface area contributed by atoms with Gasteiger partial charge in [0.05, 0.1) is 10.9 Å². The lowest BCUT2D eigenvalue weighted by Gasteiger charge is -2.03. The summed E-state index contributed by atoms with van der Waals surface area (Å²) < 4.78 is 0. The van der Waals surface area contributed by atoms with Crippen LogP contribution in [0.3, 0.4) is 0 Å². The third-order valence-electron chi connectivity index (χ3n) is 1.96. The number of aryl methyl sites for hydroxylation is 1.